The van der Waals surface area contributed by atoms with E-state index in [1.54, 1.807) is 0 Å². The minimum Gasteiger partial charge on any atom is -0.360 e. The fraction of sp³-hybridized carbons (Fsp3) is 1.00. The molecule has 3 rings (SSSR count). The Labute approximate surface area is 85.6 Å². The third kappa shape index (κ3) is 1.69. The molecule has 0 bridgehead atoms. The van der Waals surface area contributed by atoms with Crippen LogP contribution in [0.25, 0.3) is 0 Å². The molecule has 80 valence electrons. The second kappa shape index (κ2) is 3.47. The third-order valence-corrected chi connectivity index (χ3v) is 3.86. The first-order valence-corrected chi connectivity index (χ1v) is 6.00. The molecule has 1 atom stereocenters. The second-order valence-electron chi connectivity index (χ2n) is 4.97. The Morgan fingerprint density at radius 2 is 1.86 bits per heavy atom. The largest absolute Gasteiger partial charge is 0.360 e. The molecule has 1 aliphatic carbocycles. The van der Waals surface area contributed by atoms with Gasteiger partial charge in [-0.2, -0.15) is 0 Å². The zero-order valence-corrected chi connectivity index (χ0v) is 8.72. The number of ether oxygens (including phenoxy) is 1. The van der Waals surface area contributed by atoms with E-state index in [9.17, 15) is 0 Å². The summed E-state index contributed by atoms with van der Waals surface area (Å²) >= 11 is 0. The number of hydrogen-bond acceptors (Lipinski definition) is 3. The molecule has 0 amide bonds. The molecule has 1 saturated carbocycles. The summed E-state index contributed by atoms with van der Waals surface area (Å²) < 4.78 is 5.96. The molecule has 2 aliphatic heterocycles. The molecule has 0 aromatic heterocycles. The molecule has 0 aromatic carbocycles. The van der Waals surface area contributed by atoms with Crippen molar-refractivity contribution in [1.29, 1.82) is 0 Å². The van der Waals surface area contributed by atoms with Crippen molar-refractivity contribution in [3.63, 3.8) is 0 Å². The highest BCUT2D eigenvalue weighted by molar-refractivity contribution is 4.95. The highest BCUT2D eigenvalue weighted by Gasteiger charge is 2.42. The van der Waals surface area contributed by atoms with Crippen molar-refractivity contribution < 1.29 is 4.74 Å². The van der Waals surface area contributed by atoms with Gasteiger partial charge in [0.1, 0.15) is 5.72 Å². The topological polar surface area (TPSA) is 33.3 Å². The lowest BCUT2D eigenvalue weighted by Crippen LogP contribution is -2.61. The van der Waals surface area contributed by atoms with Gasteiger partial charge < -0.3 is 10.1 Å². The lowest BCUT2D eigenvalue weighted by atomic mass is 9.96. The van der Waals surface area contributed by atoms with Crippen LogP contribution in [-0.2, 0) is 4.74 Å². The molecule has 14 heavy (non-hydrogen) atoms. The average Bonchev–Trinajstić information content (AvgIpc) is 3.02. The summed E-state index contributed by atoms with van der Waals surface area (Å²) in [5.74, 6) is 0.964. The molecule has 0 radical (unpaired) electrons. The van der Waals surface area contributed by atoms with Crippen molar-refractivity contribution in [3.8, 4) is 0 Å². The maximum Gasteiger partial charge on any atom is 0.121 e. The number of nitrogens with one attached hydrogen (secondary N) is 2. The SMILES string of the molecule is C1CC2(CCN1)NC(C1CC1)CCO2. The van der Waals surface area contributed by atoms with Crippen LogP contribution in [0.2, 0.25) is 0 Å². The van der Waals surface area contributed by atoms with Crippen LogP contribution in [-0.4, -0.2) is 31.5 Å². The van der Waals surface area contributed by atoms with Crippen molar-refractivity contribution >= 4 is 0 Å². The van der Waals surface area contributed by atoms with Gasteiger partial charge in [-0.05, 0) is 38.3 Å². The molecule has 0 aromatic rings. The van der Waals surface area contributed by atoms with Gasteiger partial charge in [0.2, 0.25) is 0 Å². The number of rotatable bonds is 1. The first kappa shape index (κ1) is 9.13. The quantitative estimate of drug-likeness (QED) is 0.652. The predicted octanol–water partition coefficient (Wildman–Crippen LogP) is 0.855. The van der Waals surface area contributed by atoms with Crippen LogP contribution in [0.5, 0.6) is 0 Å². The van der Waals surface area contributed by atoms with Crippen molar-refractivity contribution in [2.45, 2.75) is 43.9 Å². The van der Waals surface area contributed by atoms with E-state index < -0.39 is 0 Å². The molecule has 3 fully saturated rings. The predicted molar refractivity (Wildman–Crippen MR) is 55.1 cm³/mol. The van der Waals surface area contributed by atoms with E-state index in [-0.39, 0.29) is 5.72 Å². The molecule has 2 N–H and O–H groups in total. The molecule has 3 aliphatic rings. The van der Waals surface area contributed by atoms with Gasteiger partial charge in [-0.1, -0.05) is 0 Å². The molecule has 2 saturated heterocycles. The van der Waals surface area contributed by atoms with Crippen LogP contribution in [0.1, 0.15) is 32.1 Å². The Hall–Kier alpha value is -0.120. The van der Waals surface area contributed by atoms with E-state index in [2.05, 4.69) is 10.6 Å². The van der Waals surface area contributed by atoms with Crippen molar-refractivity contribution in [1.82, 2.24) is 10.6 Å². The Kier molecular flexibility index (Phi) is 2.26. The van der Waals surface area contributed by atoms with Gasteiger partial charge in [0, 0.05) is 18.9 Å². The molecule has 1 unspecified atom stereocenters. The Balaban J connectivity index is 1.66. The van der Waals surface area contributed by atoms with E-state index in [4.69, 9.17) is 4.74 Å². The first-order valence-electron chi connectivity index (χ1n) is 6.00. The van der Waals surface area contributed by atoms with Gasteiger partial charge in [0.15, 0.2) is 0 Å². The molecular formula is C11H20N2O. The summed E-state index contributed by atoms with van der Waals surface area (Å²) in [5.41, 5.74) is 0.0384. The lowest BCUT2D eigenvalue weighted by molar-refractivity contribution is -0.128. The van der Waals surface area contributed by atoms with Crippen LogP contribution >= 0.6 is 0 Å². The van der Waals surface area contributed by atoms with Gasteiger partial charge >= 0.3 is 0 Å². The molecule has 3 nitrogen and oxygen atoms in total. The average molecular weight is 196 g/mol. The minimum atomic E-state index is 0.0384. The highest BCUT2D eigenvalue weighted by atomic mass is 16.5. The lowest BCUT2D eigenvalue weighted by Gasteiger charge is -2.45. The third-order valence-electron chi connectivity index (χ3n) is 3.86. The zero-order valence-electron chi connectivity index (χ0n) is 8.72. The standard InChI is InChI=1S/C11H20N2O/c1-2-9(1)10-3-8-14-11(13-10)4-6-12-7-5-11/h9-10,12-13H,1-8H2. The summed E-state index contributed by atoms with van der Waals surface area (Å²) in [6.07, 6.45) is 6.37. The summed E-state index contributed by atoms with van der Waals surface area (Å²) in [6, 6.07) is 0.752. The number of piperidine rings is 1. The summed E-state index contributed by atoms with van der Waals surface area (Å²) in [4.78, 5) is 0. The highest BCUT2D eigenvalue weighted by Crippen LogP contribution is 2.38. The van der Waals surface area contributed by atoms with Crippen molar-refractivity contribution in [2.75, 3.05) is 19.7 Å². The first-order chi connectivity index (χ1) is 6.88. The monoisotopic (exact) mass is 196 g/mol. The van der Waals surface area contributed by atoms with Gasteiger partial charge in [-0.15, -0.1) is 0 Å². The maximum absolute atomic E-state index is 5.96. The van der Waals surface area contributed by atoms with Crippen LogP contribution in [0.4, 0.5) is 0 Å². The Morgan fingerprint density at radius 1 is 1.07 bits per heavy atom. The van der Waals surface area contributed by atoms with Crippen LogP contribution in [0.3, 0.4) is 0 Å². The fourth-order valence-electron chi connectivity index (χ4n) is 2.80. The van der Waals surface area contributed by atoms with Crippen LogP contribution in [0, 0.1) is 5.92 Å². The van der Waals surface area contributed by atoms with Gasteiger partial charge in [-0.25, -0.2) is 0 Å². The van der Waals surface area contributed by atoms with Gasteiger partial charge in [-0.3, -0.25) is 5.32 Å². The van der Waals surface area contributed by atoms with E-state index in [1.807, 2.05) is 0 Å². The number of hydrogen-bond donors (Lipinski definition) is 2. The smallest absolute Gasteiger partial charge is 0.121 e. The molecular weight excluding hydrogens is 176 g/mol. The second-order valence-corrected chi connectivity index (χ2v) is 4.97. The van der Waals surface area contributed by atoms with E-state index >= 15 is 0 Å². The maximum atomic E-state index is 5.96. The Morgan fingerprint density at radius 3 is 2.57 bits per heavy atom. The van der Waals surface area contributed by atoms with E-state index in [0.717, 1.165) is 44.5 Å². The van der Waals surface area contributed by atoms with Gasteiger partial charge in [0.05, 0.1) is 6.61 Å². The normalized spacial score (nSPS) is 37.3. The fourth-order valence-corrected chi connectivity index (χ4v) is 2.80. The van der Waals surface area contributed by atoms with Crippen LogP contribution in [0.15, 0.2) is 0 Å². The Bertz CT molecular complexity index is 204. The summed E-state index contributed by atoms with van der Waals surface area (Å²) in [5, 5.41) is 7.16. The minimum absolute atomic E-state index is 0.0384. The zero-order chi connectivity index (χ0) is 9.43. The van der Waals surface area contributed by atoms with Crippen molar-refractivity contribution in [3.05, 3.63) is 0 Å². The summed E-state index contributed by atoms with van der Waals surface area (Å²) in [6.45, 7) is 3.17. The van der Waals surface area contributed by atoms with E-state index in [1.165, 1.54) is 19.3 Å². The van der Waals surface area contributed by atoms with Gasteiger partial charge in [0.25, 0.3) is 0 Å². The molecule has 2 heterocycles. The van der Waals surface area contributed by atoms with E-state index in [0.29, 0.717) is 0 Å². The van der Waals surface area contributed by atoms with Crippen LogP contribution < -0.4 is 10.6 Å². The summed E-state index contributed by atoms with van der Waals surface area (Å²) in [7, 11) is 0. The molecule has 1 spiro atoms. The van der Waals surface area contributed by atoms with Crippen molar-refractivity contribution in [2.24, 2.45) is 5.92 Å². The molecule has 3 heteroatoms.